The summed E-state index contributed by atoms with van der Waals surface area (Å²) in [5.74, 6) is 0. The number of halogens is 2. The van der Waals surface area contributed by atoms with Crippen molar-refractivity contribution in [2.75, 3.05) is 11.9 Å². The average Bonchev–Trinajstić information content (AvgIpc) is 2.37. The molecule has 0 spiro atoms. The molecule has 2 rings (SSSR count). The summed E-state index contributed by atoms with van der Waals surface area (Å²) >= 11 is 5.38. The van der Waals surface area contributed by atoms with Crippen molar-refractivity contribution in [1.29, 1.82) is 0 Å². The van der Waals surface area contributed by atoms with Crippen LogP contribution < -0.4 is 10.9 Å². The third kappa shape index (κ3) is 3.55. The molecule has 94 valence electrons. The number of nitrogens with zero attached hydrogens (tertiary/aromatic N) is 2. The lowest BCUT2D eigenvalue weighted by Crippen LogP contribution is -2.25. The molecule has 4 nitrogen and oxygen atoms in total. The topological polar surface area (TPSA) is 46.9 Å². The molecular formula is C12H11BrIN3O. The zero-order valence-electron chi connectivity index (χ0n) is 9.44. The Morgan fingerprint density at radius 2 is 2.06 bits per heavy atom. The number of hydrogen-bond acceptors (Lipinski definition) is 3. The summed E-state index contributed by atoms with van der Waals surface area (Å²) in [6, 6.07) is 7.92. The number of hydrogen-bond donors (Lipinski definition) is 1. The van der Waals surface area contributed by atoms with Gasteiger partial charge in [0.1, 0.15) is 0 Å². The zero-order chi connectivity index (χ0) is 13.0. The molecule has 0 aliphatic carbocycles. The van der Waals surface area contributed by atoms with Crippen LogP contribution in [0.15, 0.2) is 46.1 Å². The van der Waals surface area contributed by atoms with Gasteiger partial charge in [0, 0.05) is 29.4 Å². The second-order valence-electron chi connectivity index (χ2n) is 3.67. The average molecular weight is 420 g/mol. The molecular weight excluding hydrogens is 409 g/mol. The van der Waals surface area contributed by atoms with E-state index in [9.17, 15) is 4.79 Å². The van der Waals surface area contributed by atoms with E-state index < -0.39 is 0 Å². The Labute approximate surface area is 127 Å². The van der Waals surface area contributed by atoms with E-state index in [2.05, 4.69) is 26.2 Å². The molecule has 1 heterocycles. The Hall–Kier alpha value is -0.890. The predicted molar refractivity (Wildman–Crippen MR) is 83.8 cm³/mol. The molecule has 1 aromatic heterocycles. The van der Waals surface area contributed by atoms with Gasteiger partial charge in [-0.15, -0.1) is 0 Å². The van der Waals surface area contributed by atoms with E-state index in [1.165, 1.54) is 0 Å². The van der Waals surface area contributed by atoms with Gasteiger partial charge < -0.3 is 5.32 Å². The molecule has 0 unspecified atom stereocenters. The molecule has 0 fully saturated rings. The number of benzene rings is 1. The van der Waals surface area contributed by atoms with Gasteiger partial charge in [-0.25, -0.2) is 4.98 Å². The molecule has 6 heteroatoms. The Morgan fingerprint density at radius 1 is 1.33 bits per heavy atom. The standard InChI is InChI=1S/C12H11BrIN3O/c13-9-1-3-10(4-2-9)16-5-6-17-8-15-7-11(14)12(17)18/h1-4,7-8,16H,5-6H2. The largest absolute Gasteiger partial charge is 0.383 e. The van der Waals surface area contributed by atoms with E-state index in [4.69, 9.17) is 0 Å². The van der Waals surface area contributed by atoms with Gasteiger partial charge in [0.05, 0.1) is 9.90 Å². The van der Waals surface area contributed by atoms with Crippen LogP contribution in [0.1, 0.15) is 0 Å². The minimum atomic E-state index is 0.00297. The fourth-order valence-corrected chi connectivity index (χ4v) is 2.21. The molecule has 0 aliphatic rings. The van der Waals surface area contributed by atoms with Crippen LogP contribution in [0.2, 0.25) is 0 Å². The highest BCUT2D eigenvalue weighted by molar-refractivity contribution is 14.1. The number of anilines is 1. The highest BCUT2D eigenvalue weighted by Crippen LogP contribution is 2.13. The summed E-state index contributed by atoms with van der Waals surface area (Å²) in [5.41, 5.74) is 1.04. The van der Waals surface area contributed by atoms with E-state index >= 15 is 0 Å². The van der Waals surface area contributed by atoms with Crippen LogP contribution >= 0.6 is 38.5 Å². The monoisotopic (exact) mass is 419 g/mol. The van der Waals surface area contributed by atoms with Crippen molar-refractivity contribution in [3.8, 4) is 0 Å². The lowest BCUT2D eigenvalue weighted by atomic mass is 10.3. The Balaban J connectivity index is 1.94. The second-order valence-corrected chi connectivity index (χ2v) is 5.75. The van der Waals surface area contributed by atoms with E-state index in [-0.39, 0.29) is 5.56 Å². The van der Waals surface area contributed by atoms with Gasteiger partial charge in [-0.2, -0.15) is 0 Å². The van der Waals surface area contributed by atoms with Gasteiger partial charge in [-0.1, -0.05) is 15.9 Å². The predicted octanol–water partition coefficient (Wildman–Crippen LogP) is 2.72. The summed E-state index contributed by atoms with van der Waals surface area (Å²) in [4.78, 5) is 15.7. The number of rotatable bonds is 4. The lowest BCUT2D eigenvalue weighted by molar-refractivity contribution is 0.676. The van der Waals surface area contributed by atoms with Crippen molar-refractivity contribution in [3.63, 3.8) is 0 Å². The van der Waals surface area contributed by atoms with Crippen LogP contribution in [0.3, 0.4) is 0 Å². The molecule has 0 saturated carbocycles. The van der Waals surface area contributed by atoms with Crippen molar-refractivity contribution >= 4 is 44.2 Å². The van der Waals surface area contributed by atoms with Gasteiger partial charge in [-0.05, 0) is 46.9 Å². The molecule has 0 saturated heterocycles. The molecule has 18 heavy (non-hydrogen) atoms. The van der Waals surface area contributed by atoms with Crippen LogP contribution in [0.4, 0.5) is 5.69 Å². The first-order valence-electron chi connectivity index (χ1n) is 5.36. The summed E-state index contributed by atoms with van der Waals surface area (Å²) in [6.45, 7) is 1.28. The van der Waals surface area contributed by atoms with Gasteiger partial charge in [0.15, 0.2) is 0 Å². The van der Waals surface area contributed by atoms with Crippen molar-refractivity contribution in [1.82, 2.24) is 9.55 Å². The van der Waals surface area contributed by atoms with Crippen LogP contribution in [0.5, 0.6) is 0 Å². The minimum absolute atomic E-state index is 0.00297. The SMILES string of the molecule is O=c1c(I)cncn1CCNc1ccc(Br)cc1. The van der Waals surface area contributed by atoms with E-state index in [1.54, 1.807) is 17.1 Å². The lowest BCUT2D eigenvalue weighted by Gasteiger charge is -2.08. The van der Waals surface area contributed by atoms with Gasteiger partial charge in [-0.3, -0.25) is 9.36 Å². The van der Waals surface area contributed by atoms with Gasteiger partial charge in [0.2, 0.25) is 0 Å². The summed E-state index contributed by atoms with van der Waals surface area (Å²) < 4.78 is 3.29. The minimum Gasteiger partial charge on any atom is -0.383 e. The molecule has 1 aromatic carbocycles. The molecule has 0 radical (unpaired) electrons. The van der Waals surface area contributed by atoms with E-state index in [0.29, 0.717) is 16.7 Å². The molecule has 1 N–H and O–H groups in total. The van der Waals surface area contributed by atoms with Crippen LogP contribution in [0.25, 0.3) is 0 Å². The second kappa shape index (κ2) is 6.33. The molecule has 0 bridgehead atoms. The van der Waals surface area contributed by atoms with Gasteiger partial charge >= 0.3 is 0 Å². The van der Waals surface area contributed by atoms with Crippen molar-refractivity contribution in [3.05, 3.63) is 55.2 Å². The van der Waals surface area contributed by atoms with E-state index in [1.807, 2.05) is 46.9 Å². The number of aromatic nitrogens is 2. The smallest absolute Gasteiger partial charge is 0.266 e. The molecule has 0 aliphatic heterocycles. The maximum absolute atomic E-state index is 11.7. The first-order chi connectivity index (χ1) is 8.66. The maximum atomic E-state index is 11.7. The summed E-state index contributed by atoms with van der Waals surface area (Å²) in [5, 5.41) is 3.26. The molecule has 2 aromatic rings. The first kappa shape index (κ1) is 13.5. The zero-order valence-corrected chi connectivity index (χ0v) is 13.2. The number of nitrogens with one attached hydrogen (secondary N) is 1. The Kier molecular flexibility index (Phi) is 4.76. The quantitative estimate of drug-likeness (QED) is 0.775. The summed E-state index contributed by atoms with van der Waals surface area (Å²) in [6.07, 6.45) is 3.13. The Bertz CT molecular complexity index is 583. The van der Waals surface area contributed by atoms with E-state index in [0.717, 1.165) is 10.2 Å². The van der Waals surface area contributed by atoms with Crippen LogP contribution in [0, 0.1) is 3.57 Å². The van der Waals surface area contributed by atoms with Crippen molar-refractivity contribution in [2.45, 2.75) is 6.54 Å². The van der Waals surface area contributed by atoms with Crippen molar-refractivity contribution < 1.29 is 0 Å². The van der Waals surface area contributed by atoms with Gasteiger partial charge in [0.25, 0.3) is 5.56 Å². The third-order valence-electron chi connectivity index (χ3n) is 2.39. The van der Waals surface area contributed by atoms with Crippen LogP contribution in [-0.4, -0.2) is 16.1 Å². The highest BCUT2D eigenvalue weighted by atomic mass is 127. The normalized spacial score (nSPS) is 10.3. The highest BCUT2D eigenvalue weighted by Gasteiger charge is 2.00. The summed E-state index contributed by atoms with van der Waals surface area (Å²) in [7, 11) is 0. The molecule has 0 amide bonds. The maximum Gasteiger partial charge on any atom is 0.266 e. The molecule has 0 atom stereocenters. The third-order valence-corrected chi connectivity index (χ3v) is 3.65. The Morgan fingerprint density at radius 3 is 2.78 bits per heavy atom. The van der Waals surface area contributed by atoms with Crippen molar-refractivity contribution in [2.24, 2.45) is 0 Å². The van der Waals surface area contributed by atoms with Crippen LogP contribution in [-0.2, 0) is 6.54 Å². The first-order valence-corrected chi connectivity index (χ1v) is 7.23. The fourth-order valence-electron chi connectivity index (χ4n) is 1.47. The fraction of sp³-hybridized carbons (Fsp3) is 0.167.